The maximum Gasteiger partial charge on any atom is 0.421 e. The van der Waals surface area contributed by atoms with E-state index in [1.165, 1.54) is 19.1 Å². The molecule has 2 heterocycles. The summed E-state index contributed by atoms with van der Waals surface area (Å²) in [5.41, 5.74) is 1.54. The van der Waals surface area contributed by atoms with E-state index in [2.05, 4.69) is 9.98 Å². The molecule has 2 unspecified atom stereocenters. The van der Waals surface area contributed by atoms with Crippen LogP contribution in [-0.4, -0.2) is 63.2 Å². The first-order valence-electron chi connectivity index (χ1n) is 11.5. The molecule has 0 bridgehead atoms. The van der Waals surface area contributed by atoms with Crippen molar-refractivity contribution in [2.45, 2.75) is 63.9 Å². The Morgan fingerprint density at radius 3 is 2.66 bits per heavy atom. The number of hydrogen-bond donors (Lipinski definition) is 2. The molecular formula is C23H29F2N4O8P. The molecule has 2 aromatic rings. The number of halogens is 2. The number of aromatic nitrogens is 2. The topological polar surface area (TPSA) is 165 Å². The van der Waals surface area contributed by atoms with Crippen molar-refractivity contribution in [1.29, 1.82) is 0 Å². The molecule has 15 heteroatoms. The van der Waals surface area contributed by atoms with E-state index in [-0.39, 0.29) is 5.75 Å². The van der Waals surface area contributed by atoms with Gasteiger partial charge in [-0.25, -0.2) is 22.9 Å². The van der Waals surface area contributed by atoms with E-state index in [4.69, 9.17) is 24.3 Å². The van der Waals surface area contributed by atoms with Crippen LogP contribution >= 0.6 is 7.60 Å². The van der Waals surface area contributed by atoms with Crippen molar-refractivity contribution in [1.82, 2.24) is 9.55 Å². The molecule has 1 fully saturated rings. The lowest BCUT2D eigenvalue weighted by Crippen LogP contribution is -2.43. The highest BCUT2D eigenvalue weighted by Crippen LogP contribution is 2.48. The largest absolute Gasteiger partial charge is 0.461 e. The molecular weight excluding hydrogens is 529 g/mol. The van der Waals surface area contributed by atoms with Crippen LogP contribution in [0.15, 0.2) is 46.3 Å². The number of carbonyl (C=O) groups excluding carboxylic acids is 1. The van der Waals surface area contributed by atoms with E-state index in [9.17, 15) is 23.7 Å². The second kappa shape index (κ2) is 11.7. The summed E-state index contributed by atoms with van der Waals surface area (Å²) in [6.45, 7) is 4.96. The van der Waals surface area contributed by atoms with Gasteiger partial charge < -0.3 is 24.8 Å². The number of aliphatic hydroxyl groups is 1. The Hall–Kier alpha value is -3.19. The number of aliphatic hydroxyl groups excluding tert-OH is 1. The minimum Gasteiger partial charge on any atom is -0.461 e. The minimum atomic E-state index is -4.28. The van der Waals surface area contributed by atoms with Crippen LogP contribution < -0.4 is 15.9 Å². The molecule has 1 aromatic heterocycles. The SMILES string of the molecule is CC(C)OC(=O)[C@H](C)N=CP(=O)(OC[C@H]1O[C@@H](n2cc(F)c(N)nc2=O)C(C)(F)[C@H]1O)Oc1ccccc1. The van der Waals surface area contributed by atoms with Gasteiger partial charge in [0.1, 0.15) is 30.0 Å². The zero-order valence-electron chi connectivity index (χ0n) is 21.1. The number of hydrogen-bond acceptors (Lipinski definition) is 11. The number of benzene rings is 1. The molecule has 0 saturated carbocycles. The highest BCUT2D eigenvalue weighted by molar-refractivity contribution is 7.70. The average Bonchev–Trinajstić information content (AvgIpc) is 3.07. The van der Waals surface area contributed by atoms with Crippen LogP contribution in [0.1, 0.15) is 33.9 Å². The number of nitrogens with zero attached hydrogens (tertiary/aromatic N) is 3. The fourth-order valence-electron chi connectivity index (χ4n) is 3.44. The third-order valence-electron chi connectivity index (χ3n) is 5.42. The molecule has 3 N–H and O–H groups in total. The molecule has 1 aromatic carbocycles. The maximum atomic E-state index is 15.5. The van der Waals surface area contributed by atoms with E-state index in [0.717, 1.165) is 12.9 Å². The molecule has 0 amide bonds. The second-order valence-corrected chi connectivity index (χ2v) is 10.7. The number of nitrogen functional groups attached to an aromatic ring is 1. The van der Waals surface area contributed by atoms with Crippen LogP contribution in [0.5, 0.6) is 5.75 Å². The van der Waals surface area contributed by atoms with Crippen molar-refractivity contribution in [3.8, 4) is 5.75 Å². The molecule has 0 spiro atoms. The van der Waals surface area contributed by atoms with Crippen LogP contribution in [0.3, 0.4) is 0 Å². The minimum absolute atomic E-state index is 0.135. The van der Waals surface area contributed by atoms with Gasteiger partial charge in [-0.15, -0.1) is 0 Å². The number of nitrogens with two attached hydrogens (primary N) is 1. The van der Waals surface area contributed by atoms with Gasteiger partial charge in [0, 0.05) is 0 Å². The van der Waals surface area contributed by atoms with Gasteiger partial charge in [-0.1, -0.05) is 18.2 Å². The van der Waals surface area contributed by atoms with Crippen LogP contribution in [0.25, 0.3) is 0 Å². The van der Waals surface area contributed by atoms with E-state index in [0.29, 0.717) is 10.8 Å². The number of esters is 1. The Kier molecular flexibility index (Phi) is 9.03. The number of anilines is 1. The van der Waals surface area contributed by atoms with E-state index >= 15 is 4.39 Å². The smallest absolute Gasteiger partial charge is 0.421 e. The predicted octanol–water partition coefficient (Wildman–Crippen LogP) is 2.61. The first kappa shape index (κ1) is 29.4. The number of aliphatic imine (C=N–C) groups is 1. The van der Waals surface area contributed by atoms with Crippen LogP contribution in [0.2, 0.25) is 0 Å². The molecule has 12 nitrogen and oxygen atoms in total. The van der Waals surface area contributed by atoms with Gasteiger partial charge in [0.25, 0.3) is 0 Å². The van der Waals surface area contributed by atoms with Crippen molar-refractivity contribution >= 4 is 25.3 Å². The van der Waals surface area contributed by atoms with E-state index in [1.54, 1.807) is 32.0 Å². The van der Waals surface area contributed by atoms with Gasteiger partial charge in [-0.3, -0.25) is 14.1 Å². The Morgan fingerprint density at radius 1 is 1.37 bits per heavy atom. The summed E-state index contributed by atoms with van der Waals surface area (Å²) in [6.07, 6.45) is -4.98. The lowest BCUT2D eigenvalue weighted by molar-refractivity contribution is -0.148. The number of alkyl halides is 1. The van der Waals surface area contributed by atoms with Gasteiger partial charge in [0.15, 0.2) is 23.5 Å². The lowest BCUT2D eigenvalue weighted by atomic mass is 9.98. The van der Waals surface area contributed by atoms with Gasteiger partial charge in [-0.05, 0) is 39.8 Å². The Labute approximate surface area is 216 Å². The number of para-hydroxylation sites is 1. The van der Waals surface area contributed by atoms with E-state index < -0.39 is 73.7 Å². The summed E-state index contributed by atoms with van der Waals surface area (Å²) in [4.78, 5) is 31.5. The highest BCUT2D eigenvalue weighted by atomic mass is 31.2. The van der Waals surface area contributed by atoms with Gasteiger partial charge >= 0.3 is 19.3 Å². The van der Waals surface area contributed by atoms with Crippen LogP contribution in [-0.2, 0) is 23.4 Å². The molecule has 1 aliphatic heterocycles. The predicted molar refractivity (Wildman–Crippen MR) is 132 cm³/mol. The average molecular weight is 558 g/mol. The summed E-state index contributed by atoms with van der Waals surface area (Å²) in [6, 6.07) is 6.84. The molecule has 1 saturated heterocycles. The maximum absolute atomic E-state index is 15.5. The van der Waals surface area contributed by atoms with E-state index in [1.807, 2.05) is 0 Å². The molecule has 38 heavy (non-hydrogen) atoms. The van der Waals surface area contributed by atoms with Crippen LogP contribution in [0.4, 0.5) is 14.6 Å². The van der Waals surface area contributed by atoms with Crippen molar-refractivity contribution in [2.24, 2.45) is 4.99 Å². The van der Waals surface area contributed by atoms with Crippen molar-refractivity contribution in [3.05, 3.63) is 52.8 Å². The summed E-state index contributed by atoms with van der Waals surface area (Å²) in [5, 5.41) is 10.6. The summed E-state index contributed by atoms with van der Waals surface area (Å²) >= 11 is 0. The third-order valence-corrected chi connectivity index (χ3v) is 6.81. The molecule has 3 rings (SSSR count). The first-order valence-corrected chi connectivity index (χ1v) is 13.1. The summed E-state index contributed by atoms with van der Waals surface area (Å²) in [5.74, 6) is -1.52. The van der Waals surface area contributed by atoms with Gasteiger partial charge in [0.2, 0.25) is 0 Å². The number of ether oxygens (including phenoxy) is 2. The standard InChI is InChI=1S/C23H29F2N4O8P/c1-13(2)35-20(31)14(3)27-12-38(33,37-15-8-6-5-7-9-15)34-11-17-18(30)23(4,25)21(36-17)29-10-16(24)19(26)28-22(29)32/h5-10,12-14,17-18,21,30H,11H2,1-4H3,(H2,26,28,32)/t14-,17+,18-,21+,23?,38?/m0/s1. The summed E-state index contributed by atoms with van der Waals surface area (Å²) < 4.78 is 64.9. The van der Waals surface area contributed by atoms with Crippen molar-refractivity contribution in [3.63, 3.8) is 0 Å². The molecule has 6 atom stereocenters. The molecule has 1 aliphatic rings. The molecule has 208 valence electrons. The van der Waals surface area contributed by atoms with Crippen molar-refractivity contribution in [2.75, 3.05) is 12.3 Å². The second-order valence-electron chi connectivity index (χ2n) is 8.95. The Morgan fingerprint density at radius 2 is 2.03 bits per heavy atom. The third kappa shape index (κ3) is 6.81. The zero-order chi connectivity index (χ0) is 28.3. The Balaban J connectivity index is 1.82. The quantitative estimate of drug-likeness (QED) is 0.252. The van der Waals surface area contributed by atoms with Gasteiger partial charge in [-0.2, -0.15) is 4.98 Å². The fourth-order valence-corrected chi connectivity index (χ4v) is 4.74. The number of rotatable bonds is 10. The highest BCUT2D eigenvalue weighted by Gasteiger charge is 2.56. The zero-order valence-corrected chi connectivity index (χ0v) is 22.0. The van der Waals surface area contributed by atoms with Crippen molar-refractivity contribution < 1.29 is 41.8 Å². The monoisotopic (exact) mass is 558 g/mol. The summed E-state index contributed by atoms with van der Waals surface area (Å²) in [7, 11) is -4.28. The normalized spacial score (nSPS) is 25.8. The number of carbonyl (C=O) groups is 1. The van der Waals surface area contributed by atoms with Gasteiger partial charge in [0.05, 0.1) is 18.9 Å². The first-order chi connectivity index (χ1) is 17.7. The van der Waals surface area contributed by atoms with Crippen LogP contribution in [0, 0.1) is 5.82 Å². The molecule has 0 radical (unpaired) electrons. The lowest BCUT2D eigenvalue weighted by Gasteiger charge is -2.24. The Bertz CT molecular complexity index is 1270. The molecule has 0 aliphatic carbocycles. The fraction of sp³-hybridized carbons (Fsp3) is 0.478.